The topological polar surface area (TPSA) is 54.9 Å². The van der Waals surface area contributed by atoms with Crippen molar-refractivity contribution in [2.45, 2.75) is 13.8 Å². The van der Waals surface area contributed by atoms with Crippen molar-refractivity contribution < 1.29 is 4.79 Å². The number of aryl methyl sites for hydroxylation is 2. The number of hydrogen-bond donors (Lipinski definition) is 1. The number of carbonyl (C=O) groups is 1. The molecular weight excluding hydrogens is 342 g/mol. The first kappa shape index (κ1) is 16.4. The second-order valence-corrected chi connectivity index (χ2v) is 7.26. The minimum absolute atomic E-state index is 0.206. The second-order valence-electron chi connectivity index (χ2n) is 6.06. The molecule has 2 aromatic carbocycles. The van der Waals surface area contributed by atoms with Crippen molar-refractivity contribution in [2.75, 3.05) is 5.32 Å². The largest absolute Gasteiger partial charge is 0.320 e. The number of aromatic nitrogens is 2. The Morgan fingerprint density at radius 2 is 1.81 bits per heavy atom. The number of carbonyl (C=O) groups excluding carboxylic acids is 1. The fraction of sp³-hybridized carbons (Fsp3) is 0.0952. The van der Waals surface area contributed by atoms with Gasteiger partial charge in [0.1, 0.15) is 5.69 Å². The van der Waals surface area contributed by atoms with Gasteiger partial charge in [-0.25, -0.2) is 4.98 Å². The first-order chi connectivity index (χ1) is 12.6. The van der Waals surface area contributed by atoms with E-state index in [1.165, 1.54) is 11.3 Å². The summed E-state index contributed by atoms with van der Waals surface area (Å²) in [4.78, 5) is 22.7. The number of nitrogens with zero attached hydrogens (tertiary/aromatic N) is 2. The Labute approximate surface area is 155 Å². The lowest BCUT2D eigenvalue weighted by atomic mass is 10.1. The molecule has 2 heterocycles. The molecule has 0 saturated heterocycles. The minimum Gasteiger partial charge on any atom is -0.320 e. The van der Waals surface area contributed by atoms with Crippen LogP contribution in [0.15, 0.2) is 60.8 Å². The van der Waals surface area contributed by atoms with Gasteiger partial charge in [0, 0.05) is 11.6 Å². The predicted molar refractivity (Wildman–Crippen MR) is 107 cm³/mol. The van der Waals surface area contributed by atoms with Gasteiger partial charge in [0.15, 0.2) is 0 Å². The highest BCUT2D eigenvalue weighted by Gasteiger charge is 2.19. The van der Waals surface area contributed by atoms with E-state index in [1.54, 1.807) is 6.20 Å². The highest BCUT2D eigenvalue weighted by Crippen LogP contribution is 2.31. The highest BCUT2D eigenvalue weighted by atomic mass is 32.1. The van der Waals surface area contributed by atoms with Crippen molar-refractivity contribution in [2.24, 2.45) is 0 Å². The summed E-state index contributed by atoms with van der Waals surface area (Å²) >= 11 is 1.53. The maximum absolute atomic E-state index is 13.0. The number of amides is 1. The van der Waals surface area contributed by atoms with Crippen LogP contribution in [0.1, 0.15) is 21.1 Å². The molecule has 4 aromatic rings. The number of pyridine rings is 1. The summed E-state index contributed by atoms with van der Waals surface area (Å²) in [6, 6.07) is 17.6. The van der Waals surface area contributed by atoms with Crippen LogP contribution in [0.25, 0.3) is 21.3 Å². The average molecular weight is 359 g/mol. The first-order valence-corrected chi connectivity index (χ1v) is 9.13. The van der Waals surface area contributed by atoms with Gasteiger partial charge >= 0.3 is 0 Å². The van der Waals surface area contributed by atoms with E-state index in [1.807, 2.05) is 68.4 Å². The Morgan fingerprint density at radius 3 is 2.62 bits per heavy atom. The van der Waals surface area contributed by atoms with Crippen LogP contribution in [-0.2, 0) is 0 Å². The van der Waals surface area contributed by atoms with Crippen molar-refractivity contribution in [1.82, 2.24) is 9.97 Å². The minimum atomic E-state index is -0.206. The fourth-order valence-electron chi connectivity index (χ4n) is 2.97. The van der Waals surface area contributed by atoms with Crippen LogP contribution in [0.2, 0.25) is 0 Å². The molecule has 5 heteroatoms. The van der Waals surface area contributed by atoms with Gasteiger partial charge in [0.25, 0.3) is 5.91 Å². The highest BCUT2D eigenvalue weighted by molar-refractivity contribution is 7.15. The van der Waals surface area contributed by atoms with Crippen molar-refractivity contribution in [3.63, 3.8) is 0 Å². The fourth-order valence-corrected chi connectivity index (χ4v) is 3.89. The lowest BCUT2D eigenvalue weighted by molar-refractivity contribution is 0.102. The maximum atomic E-state index is 13.0. The van der Waals surface area contributed by atoms with Crippen molar-refractivity contribution in [3.8, 4) is 10.4 Å². The Morgan fingerprint density at radius 1 is 1.00 bits per heavy atom. The van der Waals surface area contributed by atoms with Crippen LogP contribution >= 0.6 is 11.3 Å². The third-order valence-electron chi connectivity index (χ3n) is 4.20. The van der Waals surface area contributed by atoms with E-state index < -0.39 is 0 Å². The molecule has 1 amide bonds. The van der Waals surface area contributed by atoms with Crippen molar-refractivity contribution in [3.05, 3.63) is 77.1 Å². The normalized spacial score (nSPS) is 10.8. The van der Waals surface area contributed by atoms with Gasteiger partial charge in [-0.15, -0.1) is 11.3 Å². The van der Waals surface area contributed by atoms with Gasteiger partial charge in [-0.05, 0) is 43.2 Å². The van der Waals surface area contributed by atoms with Gasteiger partial charge in [-0.1, -0.05) is 36.4 Å². The van der Waals surface area contributed by atoms with E-state index in [0.29, 0.717) is 5.69 Å². The number of fused-ring (bicyclic) bond motifs is 1. The molecule has 2 aromatic heterocycles. The molecule has 1 N–H and O–H groups in total. The van der Waals surface area contributed by atoms with E-state index in [9.17, 15) is 4.79 Å². The van der Waals surface area contributed by atoms with Gasteiger partial charge in [0.2, 0.25) is 0 Å². The van der Waals surface area contributed by atoms with Gasteiger partial charge in [0.05, 0.1) is 21.1 Å². The summed E-state index contributed by atoms with van der Waals surface area (Å²) in [5.41, 5.74) is 4.17. The molecule has 4 nitrogen and oxygen atoms in total. The molecule has 0 bridgehead atoms. The third-order valence-corrected chi connectivity index (χ3v) is 5.22. The molecule has 128 valence electrons. The van der Waals surface area contributed by atoms with E-state index in [-0.39, 0.29) is 5.91 Å². The van der Waals surface area contributed by atoms with Crippen LogP contribution in [0.3, 0.4) is 0 Å². The van der Waals surface area contributed by atoms with Crippen molar-refractivity contribution >= 4 is 33.8 Å². The molecule has 0 atom stereocenters. The van der Waals surface area contributed by atoms with Crippen LogP contribution in [0.5, 0.6) is 0 Å². The number of benzene rings is 2. The standard InChI is InChI=1S/C21H17N3OS/c1-13-10-11-17(16-9-6-12-22-18(13)16)24-21(25)19-20(26-14(2)23-19)15-7-4-3-5-8-15/h3-12H,1-2H3,(H,24,25). The first-order valence-electron chi connectivity index (χ1n) is 8.32. The maximum Gasteiger partial charge on any atom is 0.275 e. The third kappa shape index (κ3) is 2.97. The summed E-state index contributed by atoms with van der Waals surface area (Å²) in [6.07, 6.45) is 1.76. The zero-order valence-corrected chi connectivity index (χ0v) is 15.3. The molecule has 0 saturated carbocycles. The Balaban J connectivity index is 1.74. The molecule has 0 radical (unpaired) electrons. The van der Waals surface area contributed by atoms with Crippen LogP contribution in [0, 0.1) is 13.8 Å². The monoisotopic (exact) mass is 359 g/mol. The summed E-state index contributed by atoms with van der Waals surface area (Å²) in [6.45, 7) is 3.93. The Kier molecular flexibility index (Phi) is 4.22. The van der Waals surface area contributed by atoms with Gasteiger partial charge < -0.3 is 5.32 Å². The van der Waals surface area contributed by atoms with Gasteiger partial charge in [-0.3, -0.25) is 9.78 Å². The lowest BCUT2D eigenvalue weighted by Gasteiger charge is -2.10. The summed E-state index contributed by atoms with van der Waals surface area (Å²) < 4.78 is 0. The van der Waals surface area contributed by atoms with E-state index in [2.05, 4.69) is 15.3 Å². The second kappa shape index (κ2) is 6.69. The SMILES string of the molecule is Cc1nc(C(=O)Nc2ccc(C)c3ncccc23)c(-c2ccccc2)s1. The molecule has 0 spiro atoms. The number of hydrogen-bond acceptors (Lipinski definition) is 4. The molecule has 0 unspecified atom stereocenters. The van der Waals surface area contributed by atoms with Crippen molar-refractivity contribution in [1.29, 1.82) is 0 Å². The molecule has 0 aliphatic carbocycles. The zero-order chi connectivity index (χ0) is 18.1. The van der Waals surface area contributed by atoms with E-state index >= 15 is 0 Å². The number of nitrogens with one attached hydrogen (secondary N) is 1. The Hall–Kier alpha value is -3.05. The number of anilines is 1. The van der Waals surface area contributed by atoms with E-state index in [0.717, 1.165) is 37.6 Å². The predicted octanol–water partition coefficient (Wildman–Crippen LogP) is 5.23. The molecule has 0 aliphatic heterocycles. The smallest absolute Gasteiger partial charge is 0.275 e. The molecule has 0 fully saturated rings. The average Bonchev–Trinajstić information content (AvgIpc) is 3.07. The molecular formula is C21H17N3OS. The summed E-state index contributed by atoms with van der Waals surface area (Å²) in [5, 5.41) is 4.81. The van der Waals surface area contributed by atoms with Crippen LogP contribution in [0.4, 0.5) is 5.69 Å². The number of thiazole rings is 1. The zero-order valence-electron chi connectivity index (χ0n) is 14.5. The van der Waals surface area contributed by atoms with Crippen LogP contribution < -0.4 is 5.32 Å². The van der Waals surface area contributed by atoms with Crippen LogP contribution in [-0.4, -0.2) is 15.9 Å². The summed E-state index contributed by atoms with van der Waals surface area (Å²) in [5.74, 6) is -0.206. The number of rotatable bonds is 3. The quantitative estimate of drug-likeness (QED) is 0.545. The lowest BCUT2D eigenvalue weighted by Crippen LogP contribution is -2.14. The van der Waals surface area contributed by atoms with Gasteiger partial charge in [-0.2, -0.15) is 0 Å². The molecule has 26 heavy (non-hydrogen) atoms. The summed E-state index contributed by atoms with van der Waals surface area (Å²) in [7, 11) is 0. The molecule has 4 rings (SSSR count). The molecule has 0 aliphatic rings. The Bertz CT molecular complexity index is 1100. The van der Waals surface area contributed by atoms with E-state index in [4.69, 9.17) is 0 Å².